The summed E-state index contributed by atoms with van der Waals surface area (Å²) < 4.78 is 35.1. The Labute approximate surface area is 245 Å². The molecule has 0 unspecified atom stereocenters. The van der Waals surface area contributed by atoms with E-state index < -0.39 is 22.5 Å². The molecule has 0 bridgehead atoms. The van der Waals surface area contributed by atoms with Crippen LogP contribution in [0.4, 0.5) is 16.0 Å². The number of nitrogens with zero attached hydrogens (tertiary/aromatic N) is 7. The third-order valence-corrected chi connectivity index (χ3v) is 8.84. The molecule has 4 aromatic heterocycles. The molecule has 5 heterocycles. The van der Waals surface area contributed by atoms with E-state index >= 15 is 0 Å². The molecule has 0 aliphatic carbocycles. The van der Waals surface area contributed by atoms with E-state index in [4.69, 9.17) is 10.2 Å². The molecule has 1 aliphatic rings. The number of rotatable bonds is 9. The lowest BCUT2D eigenvalue weighted by molar-refractivity contribution is 0.0955. The lowest BCUT2D eigenvalue weighted by Gasteiger charge is -2.36. The highest BCUT2D eigenvalue weighted by Crippen LogP contribution is 2.26. The highest BCUT2D eigenvalue weighted by atomic mass is 32.2. The first-order valence-electron chi connectivity index (χ1n) is 13.2. The van der Waals surface area contributed by atoms with E-state index in [0.717, 1.165) is 11.3 Å². The fraction of sp³-hybridized carbons (Fsp3) is 0.346. The highest BCUT2D eigenvalue weighted by Gasteiger charge is 2.23. The average Bonchev–Trinajstić information content (AvgIpc) is 3.71. The fourth-order valence-electron chi connectivity index (χ4n) is 4.90. The lowest BCUT2D eigenvalue weighted by Crippen LogP contribution is -2.47. The summed E-state index contributed by atoms with van der Waals surface area (Å²) in [4.78, 5) is 38.2. The highest BCUT2D eigenvalue weighted by molar-refractivity contribution is 7.84. The van der Waals surface area contributed by atoms with Gasteiger partial charge in [-0.1, -0.05) is 11.3 Å². The summed E-state index contributed by atoms with van der Waals surface area (Å²) in [7, 11) is -1.01. The Bertz CT molecular complexity index is 1840. The summed E-state index contributed by atoms with van der Waals surface area (Å²) in [5.74, 6) is 0.436. The van der Waals surface area contributed by atoms with E-state index in [0.29, 0.717) is 78.3 Å². The number of fused-ring (bicyclic) bond motifs is 3. The molecule has 0 radical (unpaired) electrons. The molecule has 16 heteroatoms. The molecule has 3 N–H and O–H groups in total. The number of piperazine rings is 1. The van der Waals surface area contributed by atoms with Gasteiger partial charge in [0.1, 0.15) is 10.5 Å². The summed E-state index contributed by atoms with van der Waals surface area (Å²) in [5, 5.41) is 7.04. The van der Waals surface area contributed by atoms with Gasteiger partial charge in [-0.15, -0.1) is 5.10 Å². The smallest absolute Gasteiger partial charge is 0.309 e. The number of nitrogens with one attached hydrogen (secondary N) is 1. The van der Waals surface area contributed by atoms with E-state index in [2.05, 4.69) is 25.3 Å². The average molecular weight is 614 g/mol. The maximum atomic E-state index is 14.9. The van der Waals surface area contributed by atoms with Crippen LogP contribution in [-0.2, 0) is 17.3 Å². The van der Waals surface area contributed by atoms with Crippen molar-refractivity contribution < 1.29 is 17.8 Å². The van der Waals surface area contributed by atoms with Gasteiger partial charge in [0.2, 0.25) is 11.8 Å². The molecule has 1 fully saturated rings. The van der Waals surface area contributed by atoms with Gasteiger partial charge in [0.25, 0.3) is 5.91 Å². The maximum Gasteiger partial charge on any atom is 0.309 e. The van der Waals surface area contributed by atoms with Crippen LogP contribution in [0.3, 0.4) is 0 Å². The van der Waals surface area contributed by atoms with Crippen LogP contribution in [0.2, 0.25) is 0 Å². The van der Waals surface area contributed by atoms with Crippen molar-refractivity contribution in [2.24, 2.45) is 0 Å². The third-order valence-electron chi connectivity index (χ3n) is 7.10. The van der Waals surface area contributed by atoms with Gasteiger partial charge in [-0.05, 0) is 30.3 Å². The van der Waals surface area contributed by atoms with Gasteiger partial charge in [-0.2, -0.15) is 9.50 Å². The van der Waals surface area contributed by atoms with Crippen LogP contribution >= 0.6 is 11.3 Å². The Kier molecular flexibility index (Phi) is 7.74. The molecular weight excluding hydrogens is 585 g/mol. The minimum atomic E-state index is -1.01. The van der Waals surface area contributed by atoms with E-state index in [1.54, 1.807) is 35.1 Å². The summed E-state index contributed by atoms with van der Waals surface area (Å²) in [5.41, 5.74) is 7.74. The minimum Gasteiger partial charge on any atom is -0.461 e. The van der Waals surface area contributed by atoms with Crippen molar-refractivity contribution in [2.75, 3.05) is 61.9 Å². The van der Waals surface area contributed by atoms with Crippen LogP contribution in [0, 0.1) is 5.82 Å². The predicted molar refractivity (Wildman–Crippen MR) is 159 cm³/mol. The third kappa shape index (κ3) is 5.52. The van der Waals surface area contributed by atoms with Crippen molar-refractivity contribution in [2.45, 2.75) is 6.54 Å². The first-order chi connectivity index (χ1) is 20.3. The standard InChI is InChI=1S/C26H28FN9O4S2/c1-42(39)14-6-29-24(37)16-4-5-18(17(27)15-16)34-10-7-33(8-11-34)9-12-35-22-20(41-26(35)38)23-30-21(19-3-2-13-40-19)32-36(23)25(28)31-22/h2-5,13,15H,6-12,14H2,1H3,(H2,28,31)(H,29,37)/t42-/m1/s1. The summed E-state index contributed by atoms with van der Waals surface area (Å²) in [6.07, 6.45) is 3.09. The Balaban J connectivity index is 1.10. The zero-order chi connectivity index (χ0) is 29.4. The molecule has 1 aromatic carbocycles. The van der Waals surface area contributed by atoms with E-state index in [-0.39, 0.29) is 22.9 Å². The number of hydrogen-bond acceptors (Lipinski definition) is 11. The molecule has 1 saturated heterocycles. The van der Waals surface area contributed by atoms with Gasteiger partial charge in [-0.25, -0.2) is 9.37 Å². The van der Waals surface area contributed by atoms with Crippen LogP contribution in [-0.4, -0.2) is 90.4 Å². The molecule has 0 spiro atoms. The first-order valence-corrected chi connectivity index (χ1v) is 15.8. The SMILES string of the molecule is C[S@@](=O)CCNC(=O)c1ccc(N2CCN(CCn3c(=O)sc4c3nc(N)n3nc(-c5ccco5)nc43)CC2)c(F)c1. The maximum absolute atomic E-state index is 14.9. The molecule has 0 saturated carbocycles. The van der Waals surface area contributed by atoms with E-state index in [1.165, 1.54) is 16.8 Å². The monoisotopic (exact) mass is 613 g/mol. The van der Waals surface area contributed by atoms with Crippen molar-refractivity contribution >= 4 is 55.7 Å². The number of hydrogen-bond donors (Lipinski definition) is 2. The molecule has 1 amide bonds. The van der Waals surface area contributed by atoms with E-state index in [1.807, 2.05) is 4.90 Å². The van der Waals surface area contributed by atoms with Crippen LogP contribution in [0.15, 0.2) is 45.8 Å². The number of amides is 1. The molecule has 1 atom stereocenters. The second kappa shape index (κ2) is 11.6. The molecule has 42 heavy (non-hydrogen) atoms. The second-order valence-electron chi connectivity index (χ2n) is 9.82. The predicted octanol–water partition coefficient (Wildman–Crippen LogP) is 1.41. The lowest BCUT2D eigenvalue weighted by atomic mass is 10.1. The number of anilines is 2. The number of aromatic nitrogens is 5. The Morgan fingerprint density at radius 3 is 2.69 bits per heavy atom. The van der Waals surface area contributed by atoms with Crippen molar-refractivity contribution in [3.63, 3.8) is 0 Å². The topological polar surface area (TPSA) is 157 Å². The molecule has 6 rings (SSSR count). The number of carbonyl (C=O) groups excluding carboxylic acids is 1. The number of halogens is 1. The van der Waals surface area contributed by atoms with Crippen molar-refractivity contribution in [3.05, 3.63) is 57.6 Å². The quantitative estimate of drug-likeness (QED) is 0.249. The molecule has 1 aliphatic heterocycles. The minimum absolute atomic E-state index is 0.117. The van der Waals surface area contributed by atoms with Crippen LogP contribution < -0.4 is 20.8 Å². The Morgan fingerprint density at radius 1 is 1.17 bits per heavy atom. The fourth-order valence-corrected chi connectivity index (χ4v) is 6.23. The van der Waals surface area contributed by atoms with Gasteiger partial charge >= 0.3 is 4.87 Å². The molecule has 13 nitrogen and oxygen atoms in total. The first kappa shape index (κ1) is 28.0. The zero-order valence-corrected chi connectivity index (χ0v) is 24.3. The number of benzene rings is 1. The van der Waals surface area contributed by atoms with Gasteiger partial charge in [0.05, 0.1) is 12.0 Å². The van der Waals surface area contributed by atoms with Gasteiger partial charge in [0.15, 0.2) is 17.1 Å². The normalized spacial score (nSPS) is 15.0. The van der Waals surface area contributed by atoms with E-state index in [9.17, 15) is 18.2 Å². The second-order valence-corrected chi connectivity index (χ2v) is 12.3. The Morgan fingerprint density at radius 2 is 1.98 bits per heavy atom. The zero-order valence-electron chi connectivity index (χ0n) is 22.7. The largest absolute Gasteiger partial charge is 0.461 e. The van der Waals surface area contributed by atoms with Crippen molar-refractivity contribution in [1.29, 1.82) is 0 Å². The summed E-state index contributed by atoms with van der Waals surface area (Å²) >= 11 is 1.05. The molecule has 220 valence electrons. The number of nitrogens with two attached hydrogens (primary N) is 1. The number of carbonyl (C=O) groups is 1. The van der Waals surface area contributed by atoms with Crippen molar-refractivity contribution in [3.8, 4) is 11.6 Å². The van der Waals surface area contributed by atoms with Crippen LogP contribution in [0.1, 0.15) is 10.4 Å². The van der Waals surface area contributed by atoms with Crippen molar-refractivity contribution in [1.82, 2.24) is 34.4 Å². The molecule has 5 aromatic rings. The number of furan rings is 1. The van der Waals surface area contributed by atoms with Gasteiger partial charge < -0.3 is 20.4 Å². The Hall–Kier alpha value is -4.15. The van der Waals surface area contributed by atoms with Gasteiger partial charge in [0, 0.05) is 74.2 Å². The van der Waals surface area contributed by atoms with Gasteiger partial charge in [-0.3, -0.25) is 23.3 Å². The molecular formula is C26H28FN9O4S2. The number of nitrogen functional groups attached to an aromatic ring is 1. The summed E-state index contributed by atoms with van der Waals surface area (Å²) in [6, 6.07) is 7.93. The van der Waals surface area contributed by atoms with Crippen LogP contribution in [0.25, 0.3) is 27.6 Å². The number of thiazole rings is 1. The summed E-state index contributed by atoms with van der Waals surface area (Å²) in [6.45, 7) is 3.79. The van der Waals surface area contributed by atoms with Crippen LogP contribution in [0.5, 0.6) is 0 Å².